The van der Waals surface area contributed by atoms with Crippen LogP contribution in [-0.4, -0.2) is 22.2 Å². The molecule has 0 aromatic heterocycles. The lowest BCUT2D eigenvalue weighted by atomic mass is 9.85. The predicted octanol–water partition coefficient (Wildman–Crippen LogP) is -0.223. The smallest absolute Gasteiger partial charge is 0.313 e. The van der Waals surface area contributed by atoms with Gasteiger partial charge in [-0.25, -0.2) is 0 Å². The largest absolute Gasteiger partial charge is 1.00 e. The number of carboxylic acids is 2. The summed E-state index contributed by atoms with van der Waals surface area (Å²) >= 11 is 0. The number of carbonyl (C=O) groups is 2. The Morgan fingerprint density at radius 2 is 0.962 bits per heavy atom. The Bertz CT molecular complexity index is 713. The Balaban J connectivity index is 0.00000338. The molecule has 0 radical (unpaired) electrons. The van der Waals surface area contributed by atoms with E-state index >= 15 is 0 Å². The maximum absolute atomic E-state index is 11.3. The van der Waals surface area contributed by atoms with Crippen molar-refractivity contribution in [3.05, 3.63) is 59.7 Å². The number of hydrogen-bond donors (Lipinski definition) is 2. The average molecular weight is 439 g/mol. The van der Waals surface area contributed by atoms with Crippen molar-refractivity contribution >= 4 is 31.1 Å². The van der Waals surface area contributed by atoms with Crippen LogP contribution < -0.4 is 27.6 Å². The van der Waals surface area contributed by atoms with Crippen LogP contribution in [0.2, 0.25) is 0 Å². The first kappa shape index (κ1) is 22.3. The number of aliphatic carboxylic acids is 2. The highest BCUT2D eigenvalue weighted by molar-refractivity contribution is 7.55. The van der Waals surface area contributed by atoms with Gasteiger partial charge in [-0.2, -0.15) is 0 Å². The van der Waals surface area contributed by atoms with E-state index in [1.807, 2.05) is 48.5 Å². The number of benzene rings is 2. The number of hydrogen-bond acceptors (Lipinski definition) is 2. The van der Waals surface area contributed by atoms with Crippen molar-refractivity contribution in [3.8, 4) is 0 Å². The quantitative estimate of drug-likeness (QED) is 0.611. The normalized spacial score (nSPS) is 11.5. The molecule has 4 nitrogen and oxygen atoms in total. The van der Waals surface area contributed by atoms with Gasteiger partial charge in [-0.15, -0.1) is 0 Å². The Hall–Kier alpha value is -1.71. The van der Waals surface area contributed by atoms with Crippen molar-refractivity contribution in [2.45, 2.75) is 38.5 Å². The van der Waals surface area contributed by atoms with E-state index in [9.17, 15) is 19.8 Å². The van der Waals surface area contributed by atoms with Crippen LogP contribution in [0.15, 0.2) is 48.5 Å². The molecule has 2 N–H and O–H groups in total. The molecule has 0 atom stereocenters. The zero-order valence-corrected chi connectivity index (χ0v) is 18.0. The zero-order chi connectivity index (χ0) is 18.8. The van der Waals surface area contributed by atoms with E-state index in [1.165, 1.54) is 0 Å². The molecular formula is C20H24BrO4P. The summed E-state index contributed by atoms with van der Waals surface area (Å²) in [6, 6.07) is 15.4. The van der Waals surface area contributed by atoms with Gasteiger partial charge >= 0.3 is 11.9 Å². The SMILES string of the molecule is CC(C)(C(=O)O)c1ccc([PH2+]c2ccc(C(C)(C)C(=O)O)cc2)cc1.[Br-]. The van der Waals surface area contributed by atoms with E-state index in [1.54, 1.807) is 27.7 Å². The molecule has 2 aromatic rings. The fraction of sp³-hybridized carbons (Fsp3) is 0.300. The van der Waals surface area contributed by atoms with Crippen LogP contribution in [0, 0.1) is 0 Å². The predicted molar refractivity (Wildman–Crippen MR) is 103 cm³/mol. The summed E-state index contributed by atoms with van der Waals surface area (Å²) in [6.07, 6.45) is 0. The molecule has 6 heteroatoms. The Labute approximate surface area is 166 Å². The third-order valence-corrected chi connectivity index (χ3v) is 6.10. The van der Waals surface area contributed by atoms with Gasteiger partial charge in [0.15, 0.2) is 0 Å². The van der Waals surface area contributed by atoms with Crippen molar-refractivity contribution in [3.63, 3.8) is 0 Å². The second-order valence-electron chi connectivity index (χ2n) is 7.25. The van der Waals surface area contributed by atoms with Crippen LogP contribution in [0.3, 0.4) is 0 Å². The van der Waals surface area contributed by atoms with Gasteiger partial charge in [-0.05, 0) is 63.1 Å². The Morgan fingerprint density at radius 3 is 1.19 bits per heavy atom. The summed E-state index contributed by atoms with van der Waals surface area (Å²) in [4.78, 5) is 22.6. The second kappa shape index (κ2) is 8.32. The standard InChI is InChI=1S/C20H23O4P.BrH/c1-19(2,17(21)22)13-5-9-15(10-6-13)25-16-11-7-14(8-12-16)20(3,4)18(23)24;/h5-12,25H,1-4H3,(H,21,22)(H,23,24);1H. The van der Waals surface area contributed by atoms with E-state index in [0.717, 1.165) is 21.7 Å². The fourth-order valence-electron chi connectivity index (χ4n) is 2.43. The van der Waals surface area contributed by atoms with Crippen LogP contribution in [0.25, 0.3) is 0 Å². The molecule has 26 heavy (non-hydrogen) atoms. The Morgan fingerprint density at radius 1 is 0.692 bits per heavy atom. The van der Waals surface area contributed by atoms with E-state index in [4.69, 9.17) is 0 Å². The minimum absolute atomic E-state index is 0. The van der Waals surface area contributed by atoms with Crippen molar-refractivity contribution in [1.29, 1.82) is 0 Å². The van der Waals surface area contributed by atoms with Gasteiger partial charge < -0.3 is 27.2 Å². The van der Waals surface area contributed by atoms with Gasteiger partial charge in [0.05, 0.1) is 30.0 Å². The van der Waals surface area contributed by atoms with Crippen LogP contribution >= 0.6 is 8.58 Å². The van der Waals surface area contributed by atoms with Gasteiger partial charge in [-0.3, -0.25) is 9.59 Å². The first-order chi connectivity index (χ1) is 11.5. The molecule has 0 heterocycles. The molecule has 0 unspecified atom stereocenters. The van der Waals surface area contributed by atoms with Crippen LogP contribution in [-0.2, 0) is 20.4 Å². The molecule has 0 saturated heterocycles. The van der Waals surface area contributed by atoms with E-state index in [-0.39, 0.29) is 25.6 Å². The Kier molecular flexibility index (Phi) is 7.15. The summed E-state index contributed by atoms with van der Waals surface area (Å²) in [5.74, 6) is -1.69. The topological polar surface area (TPSA) is 74.6 Å². The van der Waals surface area contributed by atoms with Gasteiger partial charge in [-0.1, -0.05) is 24.3 Å². The fourth-order valence-corrected chi connectivity index (χ4v) is 3.59. The number of carboxylic acid groups (broad SMARTS) is 2. The van der Waals surface area contributed by atoms with Gasteiger partial charge in [0.1, 0.15) is 0 Å². The van der Waals surface area contributed by atoms with E-state index < -0.39 is 22.8 Å². The lowest BCUT2D eigenvalue weighted by Gasteiger charge is -2.19. The molecule has 2 aromatic carbocycles. The third-order valence-electron chi connectivity index (χ3n) is 4.67. The van der Waals surface area contributed by atoms with Gasteiger partial charge in [0.2, 0.25) is 0 Å². The molecule has 0 amide bonds. The summed E-state index contributed by atoms with van der Waals surface area (Å²) < 4.78 is 0. The zero-order valence-electron chi connectivity index (χ0n) is 15.3. The number of halogens is 1. The number of rotatable bonds is 6. The van der Waals surface area contributed by atoms with Gasteiger partial charge in [0.25, 0.3) is 0 Å². The molecule has 0 aliphatic carbocycles. The van der Waals surface area contributed by atoms with Crippen molar-refractivity contribution in [2.75, 3.05) is 0 Å². The molecule has 0 bridgehead atoms. The molecule has 0 spiro atoms. The van der Waals surface area contributed by atoms with E-state index in [0.29, 0.717) is 0 Å². The molecular weight excluding hydrogens is 415 g/mol. The van der Waals surface area contributed by atoms with Gasteiger partial charge in [0, 0.05) is 0 Å². The molecule has 0 aliphatic rings. The van der Waals surface area contributed by atoms with E-state index in [2.05, 4.69) is 0 Å². The van der Waals surface area contributed by atoms with Crippen LogP contribution in [0.1, 0.15) is 38.8 Å². The third kappa shape index (κ3) is 4.72. The maximum Gasteiger partial charge on any atom is 0.313 e. The monoisotopic (exact) mass is 438 g/mol. The summed E-state index contributed by atoms with van der Waals surface area (Å²) in [5, 5.41) is 20.9. The molecule has 0 fully saturated rings. The maximum atomic E-state index is 11.3. The van der Waals surface area contributed by atoms with Crippen molar-refractivity contribution in [2.24, 2.45) is 0 Å². The minimum atomic E-state index is -0.905. The summed E-state index contributed by atoms with van der Waals surface area (Å²) in [5.41, 5.74) is -0.251. The average Bonchev–Trinajstić information content (AvgIpc) is 2.55. The summed E-state index contributed by atoms with van der Waals surface area (Å²) in [7, 11) is -0.128. The van der Waals surface area contributed by atoms with Crippen LogP contribution in [0.5, 0.6) is 0 Å². The lowest BCUT2D eigenvalue weighted by molar-refractivity contribution is -0.143. The summed E-state index contributed by atoms with van der Waals surface area (Å²) in [6.45, 7) is 6.78. The van der Waals surface area contributed by atoms with Crippen molar-refractivity contribution in [1.82, 2.24) is 0 Å². The highest BCUT2D eigenvalue weighted by Gasteiger charge is 2.30. The highest BCUT2D eigenvalue weighted by atomic mass is 79.9. The second-order valence-corrected chi connectivity index (χ2v) is 8.87. The first-order valence-electron chi connectivity index (χ1n) is 8.08. The molecule has 0 aliphatic heterocycles. The molecule has 0 saturated carbocycles. The first-order valence-corrected chi connectivity index (χ1v) is 9.23. The molecule has 2 rings (SSSR count). The highest BCUT2D eigenvalue weighted by Crippen LogP contribution is 2.25. The van der Waals surface area contributed by atoms with Crippen molar-refractivity contribution < 1.29 is 36.8 Å². The minimum Gasteiger partial charge on any atom is -1.00 e. The molecule has 140 valence electrons. The van der Waals surface area contributed by atoms with Crippen LogP contribution in [0.4, 0.5) is 0 Å². The lowest BCUT2D eigenvalue weighted by Crippen LogP contribution is -3.00.